The van der Waals surface area contributed by atoms with Crippen molar-refractivity contribution in [2.45, 2.75) is 19.8 Å². The van der Waals surface area contributed by atoms with Gasteiger partial charge in [-0.1, -0.05) is 31.4 Å². The topological polar surface area (TPSA) is 37.3 Å². The summed E-state index contributed by atoms with van der Waals surface area (Å²) in [6.07, 6.45) is 2.08. The van der Waals surface area contributed by atoms with Crippen molar-refractivity contribution in [3.05, 3.63) is 35.4 Å². The number of hydrogen-bond donors (Lipinski definition) is 1. The van der Waals surface area contributed by atoms with Gasteiger partial charge >= 0.3 is 5.97 Å². The van der Waals surface area contributed by atoms with Gasteiger partial charge in [0.2, 0.25) is 0 Å². The zero-order valence-corrected chi connectivity index (χ0v) is 8.08. The van der Waals surface area contributed by atoms with Gasteiger partial charge in [-0.3, -0.25) is 0 Å². The minimum absolute atomic E-state index is 0.762. The molecular weight excluding hydrogens is 176 g/mol. The van der Waals surface area contributed by atoms with Gasteiger partial charge in [0.15, 0.2) is 0 Å². The summed E-state index contributed by atoms with van der Waals surface area (Å²) >= 11 is 0. The Morgan fingerprint density at radius 2 is 2.29 bits per heavy atom. The molecule has 0 spiro atoms. The molecule has 1 aromatic rings. The Hall–Kier alpha value is -1.75. The Morgan fingerprint density at radius 3 is 2.93 bits per heavy atom. The molecule has 14 heavy (non-hydrogen) atoms. The van der Waals surface area contributed by atoms with Crippen LogP contribution in [0.15, 0.2) is 24.3 Å². The normalized spacial score (nSPS) is 8.93. The minimum atomic E-state index is -1.09. The summed E-state index contributed by atoms with van der Waals surface area (Å²) in [6, 6.07) is 7.67. The van der Waals surface area contributed by atoms with Crippen LogP contribution >= 0.6 is 0 Å². The molecule has 72 valence electrons. The summed E-state index contributed by atoms with van der Waals surface area (Å²) in [5, 5.41) is 8.37. The molecule has 1 aromatic carbocycles. The molecule has 2 heteroatoms. The van der Waals surface area contributed by atoms with Crippen LogP contribution in [0.25, 0.3) is 0 Å². The van der Waals surface area contributed by atoms with E-state index in [0.717, 1.165) is 18.4 Å². The average Bonchev–Trinajstić information content (AvgIpc) is 2.16. The summed E-state index contributed by atoms with van der Waals surface area (Å²) < 4.78 is 0. The van der Waals surface area contributed by atoms with Crippen molar-refractivity contribution in [3.63, 3.8) is 0 Å². The van der Waals surface area contributed by atoms with Crippen molar-refractivity contribution in [2.75, 3.05) is 0 Å². The summed E-state index contributed by atoms with van der Waals surface area (Å²) in [5.41, 5.74) is 1.96. The average molecular weight is 188 g/mol. The molecule has 2 nitrogen and oxygen atoms in total. The van der Waals surface area contributed by atoms with Crippen LogP contribution in [0.3, 0.4) is 0 Å². The molecule has 1 N–H and O–H groups in total. The van der Waals surface area contributed by atoms with Crippen LogP contribution in [0.5, 0.6) is 0 Å². The second-order valence-corrected chi connectivity index (χ2v) is 3.01. The van der Waals surface area contributed by atoms with E-state index in [0.29, 0.717) is 0 Å². The fourth-order valence-electron chi connectivity index (χ4n) is 1.22. The third-order valence-corrected chi connectivity index (χ3v) is 1.78. The maximum absolute atomic E-state index is 10.2. The fraction of sp³-hybridized carbons (Fsp3) is 0.250. The molecule has 0 heterocycles. The fourth-order valence-corrected chi connectivity index (χ4v) is 1.22. The van der Waals surface area contributed by atoms with E-state index in [4.69, 9.17) is 5.11 Å². The van der Waals surface area contributed by atoms with Gasteiger partial charge < -0.3 is 5.11 Å². The van der Waals surface area contributed by atoms with Gasteiger partial charge in [0.1, 0.15) is 0 Å². The predicted molar refractivity (Wildman–Crippen MR) is 55.0 cm³/mol. The molecule has 0 amide bonds. The monoisotopic (exact) mass is 188 g/mol. The van der Waals surface area contributed by atoms with E-state index in [9.17, 15) is 4.79 Å². The van der Waals surface area contributed by atoms with Crippen molar-refractivity contribution in [2.24, 2.45) is 0 Å². The lowest BCUT2D eigenvalue weighted by Crippen LogP contribution is -1.88. The lowest BCUT2D eigenvalue weighted by atomic mass is 10.1. The third kappa shape index (κ3) is 3.32. The van der Waals surface area contributed by atoms with E-state index in [2.05, 4.69) is 18.8 Å². The SMILES string of the molecule is CCCc1cccc(C#CC(=O)O)c1. The molecule has 0 unspecified atom stereocenters. The van der Waals surface area contributed by atoms with E-state index in [1.54, 1.807) is 0 Å². The van der Waals surface area contributed by atoms with Crippen LogP contribution in [-0.4, -0.2) is 11.1 Å². The Morgan fingerprint density at radius 1 is 1.50 bits per heavy atom. The van der Waals surface area contributed by atoms with E-state index in [1.807, 2.05) is 24.3 Å². The Labute approximate surface area is 83.6 Å². The molecule has 0 radical (unpaired) electrons. The molecule has 0 saturated heterocycles. The highest BCUT2D eigenvalue weighted by atomic mass is 16.4. The van der Waals surface area contributed by atoms with Gasteiger partial charge in [-0.25, -0.2) is 4.79 Å². The summed E-state index contributed by atoms with van der Waals surface area (Å²) in [7, 11) is 0. The third-order valence-electron chi connectivity index (χ3n) is 1.78. The molecule has 0 bridgehead atoms. The maximum atomic E-state index is 10.2. The molecular formula is C12H12O2. The van der Waals surface area contributed by atoms with Crippen LogP contribution in [0.4, 0.5) is 0 Å². The predicted octanol–water partition coefficient (Wildman–Crippen LogP) is 2.08. The first-order valence-corrected chi connectivity index (χ1v) is 4.56. The number of carbonyl (C=O) groups is 1. The minimum Gasteiger partial charge on any atom is -0.472 e. The molecule has 0 fully saturated rings. The summed E-state index contributed by atoms with van der Waals surface area (Å²) in [5.74, 6) is 3.60. The van der Waals surface area contributed by atoms with Crippen LogP contribution < -0.4 is 0 Å². The zero-order chi connectivity index (χ0) is 10.4. The largest absolute Gasteiger partial charge is 0.472 e. The van der Waals surface area contributed by atoms with Crippen molar-refractivity contribution in [1.29, 1.82) is 0 Å². The van der Waals surface area contributed by atoms with Gasteiger partial charge in [0.25, 0.3) is 0 Å². The molecule has 1 rings (SSSR count). The maximum Gasteiger partial charge on any atom is 0.382 e. The number of aliphatic carboxylic acids is 1. The van der Waals surface area contributed by atoms with Crippen molar-refractivity contribution >= 4 is 5.97 Å². The standard InChI is InChI=1S/C12H12O2/c1-2-4-10-5-3-6-11(9-10)7-8-12(13)14/h3,5-6,9H,2,4H2,1H3,(H,13,14). The van der Waals surface area contributed by atoms with Gasteiger partial charge in [-0.05, 0) is 24.1 Å². The molecule has 0 aliphatic rings. The number of benzene rings is 1. The Bertz CT molecular complexity index is 383. The van der Waals surface area contributed by atoms with Crippen LogP contribution in [-0.2, 0) is 11.2 Å². The number of rotatable bonds is 2. The number of carboxylic acid groups (broad SMARTS) is 1. The molecule has 0 saturated carbocycles. The first kappa shape index (κ1) is 10.3. The van der Waals surface area contributed by atoms with Gasteiger partial charge in [0.05, 0.1) is 0 Å². The zero-order valence-electron chi connectivity index (χ0n) is 8.08. The Balaban J connectivity index is 2.85. The van der Waals surface area contributed by atoms with Gasteiger partial charge in [0, 0.05) is 11.5 Å². The highest BCUT2D eigenvalue weighted by Gasteiger charge is 1.92. The van der Waals surface area contributed by atoms with Crippen LogP contribution in [0, 0.1) is 11.8 Å². The Kier molecular flexibility index (Phi) is 3.75. The lowest BCUT2D eigenvalue weighted by Gasteiger charge is -1.97. The van der Waals surface area contributed by atoms with Crippen LogP contribution in [0.1, 0.15) is 24.5 Å². The van der Waals surface area contributed by atoms with E-state index in [-0.39, 0.29) is 0 Å². The molecule has 0 aliphatic heterocycles. The van der Waals surface area contributed by atoms with Crippen molar-refractivity contribution in [1.82, 2.24) is 0 Å². The van der Waals surface area contributed by atoms with Crippen molar-refractivity contribution in [3.8, 4) is 11.8 Å². The second-order valence-electron chi connectivity index (χ2n) is 3.01. The van der Waals surface area contributed by atoms with E-state index in [1.165, 1.54) is 5.56 Å². The van der Waals surface area contributed by atoms with Crippen LogP contribution in [0.2, 0.25) is 0 Å². The highest BCUT2D eigenvalue weighted by molar-refractivity contribution is 5.87. The first-order chi connectivity index (χ1) is 6.72. The van der Waals surface area contributed by atoms with E-state index < -0.39 is 5.97 Å². The quantitative estimate of drug-likeness (QED) is 0.721. The second kappa shape index (κ2) is 5.08. The number of hydrogen-bond acceptors (Lipinski definition) is 1. The molecule has 0 aromatic heterocycles. The lowest BCUT2D eigenvalue weighted by molar-refractivity contribution is -0.130. The number of carboxylic acids is 1. The van der Waals surface area contributed by atoms with Crippen molar-refractivity contribution < 1.29 is 9.90 Å². The summed E-state index contributed by atoms with van der Waals surface area (Å²) in [6.45, 7) is 2.11. The van der Waals surface area contributed by atoms with Gasteiger partial charge in [-0.2, -0.15) is 0 Å². The smallest absolute Gasteiger partial charge is 0.382 e. The summed E-state index contributed by atoms with van der Waals surface area (Å²) in [4.78, 5) is 10.2. The number of aryl methyl sites for hydroxylation is 1. The van der Waals surface area contributed by atoms with E-state index >= 15 is 0 Å². The molecule has 0 atom stereocenters. The highest BCUT2D eigenvalue weighted by Crippen LogP contribution is 2.06. The van der Waals surface area contributed by atoms with Gasteiger partial charge in [-0.15, -0.1) is 0 Å². The first-order valence-electron chi connectivity index (χ1n) is 4.56. The molecule has 0 aliphatic carbocycles.